The molecule has 0 aromatic heterocycles. The van der Waals surface area contributed by atoms with Gasteiger partial charge in [0.1, 0.15) is 12.6 Å². The summed E-state index contributed by atoms with van der Waals surface area (Å²) in [6, 6.07) is 7.27. The van der Waals surface area contributed by atoms with Gasteiger partial charge in [0.15, 0.2) is 0 Å². The maximum absolute atomic E-state index is 14.3. The SMILES string of the molecule is COCC(=O)N1CCC(Nc2cccc(Sc3ccc(C=CC(=O)NC4CCCNC4=O)c(C(F)(F)F)c3C(F)(F)F)c2)CC1. The summed E-state index contributed by atoms with van der Waals surface area (Å²) in [6.45, 7) is 1.42. The van der Waals surface area contributed by atoms with Gasteiger partial charge in [-0.05, 0) is 61.6 Å². The molecule has 3 N–H and O–H groups in total. The Bertz CT molecular complexity index is 1420. The van der Waals surface area contributed by atoms with Crippen molar-refractivity contribution in [3.8, 4) is 0 Å². The van der Waals surface area contributed by atoms with Gasteiger partial charge in [0.2, 0.25) is 17.7 Å². The number of carbonyl (C=O) groups excluding carboxylic acids is 3. The highest BCUT2D eigenvalue weighted by molar-refractivity contribution is 7.99. The van der Waals surface area contributed by atoms with E-state index in [9.17, 15) is 40.7 Å². The summed E-state index contributed by atoms with van der Waals surface area (Å²) in [5, 5.41) is 8.20. The number of piperidine rings is 2. The predicted octanol–water partition coefficient (Wildman–Crippen LogP) is 5.33. The molecule has 1 unspecified atom stereocenters. The number of nitrogens with zero attached hydrogens (tertiary/aromatic N) is 1. The van der Waals surface area contributed by atoms with Crippen LogP contribution >= 0.6 is 11.8 Å². The lowest BCUT2D eigenvalue weighted by Gasteiger charge is -2.32. The monoisotopic (exact) mass is 658 g/mol. The van der Waals surface area contributed by atoms with Gasteiger partial charge in [-0.1, -0.05) is 23.9 Å². The Hall–Kier alpha value is -3.72. The second kappa shape index (κ2) is 14.6. The van der Waals surface area contributed by atoms with E-state index in [4.69, 9.17) is 4.74 Å². The Morgan fingerprint density at radius 1 is 1.04 bits per heavy atom. The van der Waals surface area contributed by atoms with E-state index in [1.54, 1.807) is 23.1 Å². The Morgan fingerprint density at radius 3 is 2.40 bits per heavy atom. The highest BCUT2D eigenvalue weighted by atomic mass is 32.2. The molecule has 15 heteroatoms. The van der Waals surface area contributed by atoms with Gasteiger partial charge in [0.25, 0.3) is 0 Å². The van der Waals surface area contributed by atoms with Crippen molar-refractivity contribution in [1.29, 1.82) is 0 Å². The van der Waals surface area contributed by atoms with Crippen LogP contribution in [0.15, 0.2) is 52.3 Å². The number of hydrogen-bond acceptors (Lipinski definition) is 6. The molecule has 0 bridgehead atoms. The molecule has 2 aromatic carbocycles. The van der Waals surface area contributed by atoms with Gasteiger partial charge in [0, 0.05) is 54.3 Å². The minimum atomic E-state index is -5.40. The van der Waals surface area contributed by atoms with E-state index in [-0.39, 0.29) is 23.5 Å². The normalized spacial score (nSPS) is 18.2. The Balaban J connectivity index is 1.54. The molecule has 2 heterocycles. The topological polar surface area (TPSA) is 99.8 Å². The van der Waals surface area contributed by atoms with Gasteiger partial charge in [-0.15, -0.1) is 0 Å². The van der Waals surface area contributed by atoms with Crippen LogP contribution in [0.1, 0.15) is 42.4 Å². The van der Waals surface area contributed by atoms with E-state index in [1.165, 1.54) is 13.2 Å². The fourth-order valence-corrected chi connectivity index (χ4v) is 6.25. The van der Waals surface area contributed by atoms with Gasteiger partial charge in [0.05, 0.1) is 11.1 Å². The van der Waals surface area contributed by atoms with Crippen molar-refractivity contribution in [3.05, 3.63) is 59.2 Å². The number of hydrogen-bond donors (Lipinski definition) is 3. The third kappa shape index (κ3) is 9.16. The molecule has 2 saturated heterocycles. The van der Waals surface area contributed by atoms with E-state index >= 15 is 0 Å². The number of halogens is 6. The molecule has 244 valence electrons. The first kappa shape index (κ1) is 34.2. The maximum atomic E-state index is 14.3. The number of benzene rings is 2. The van der Waals surface area contributed by atoms with Crippen LogP contribution in [-0.2, 0) is 31.5 Å². The van der Waals surface area contributed by atoms with E-state index in [2.05, 4.69) is 16.0 Å². The number of nitrogens with one attached hydrogen (secondary N) is 3. The van der Waals surface area contributed by atoms with Gasteiger partial charge in [-0.25, -0.2) is 0 Å². The van der Waals surface area contributed by atoms with Crippen LogP contribution in [0.5, 0.6) is 0 Å². The van der Waals surface area contributed by atoms with Crippen LogP contribution in [0.3, 0.4) is 0 Å². The highest BCUT2D eigenvalue weighted by Crippen LogP contribution is 2.48. The summed E-state index contributed by atoms with van der Waals surface area (Å²) >= 11 is 0.539. The second-order valence-corrected chi connectivity index (χ2v) is 11.7. The van der Waals surface area contributed by atoms with Crippen LogP contribution < -0.4 is 16.0 Å². The number of anilines is 1. The number of alkyl halides is 6. The molecule has 2 aromatic rings. The van der Waals surface area contributed by atoms with Crippen molar-refractivity contribution in [2.45, 2.75) is 59.9 Å². The maximum Gasteiger partial charge on any atom is 0.418 e. The lowest BCUT2D eigenvalue weighted by atomic mass is 9.99. The Kier molecular flexibility index (Phi) is 11.1. The fraction of sp³-hybridized carbons (Fsp3) is 0.433. The second-order valence-electron chi connectivity index (χ2n) is 10.6. The minimum Gasteiger partial charge on any atom is -0.382 e. The third-order valence-corrected chi connectivity index (χ3v) is 8.38. The molecule has 3 amide bonds. The van der Waals surface area contributed by atoms with Gasteiger partial charge in [-0.3, -0.25) is 14.4 Å². The molecule has 0 aliphatic carbocycles. The van der Waals surface area contributed by atoms with Crippen LogP contribution in [0.25, 0.3) is 6.08 Å². The predicted molar refractivity (Wildman–Crippen MR) is 155 cm³/mol. The number of carbonyl (C=O) groups is 3. The van der Waals surface area contributed by atoms with E-state index in [1.807, 2.05) is 0 Å². The van der Waals surface area contributed by atoms with Crippen LogP contribution in [0.2, 0.25) is 0 Å². The molecular weight excluding hydrogens is 626 g/mol. The quantitative estimate of drug-likeness (QED) is 0.249. The molecule has 0 saturated carbocycles. The van der Waals surface area contributed by atoms with Crippen LogP contribution in [0.4, 0.5) is 32.0 Å². The smallest absolute Gasteiger partial charge is 0.382 e. The molecule has 2 aliphatic heterocycles. The fourth-order valence-electron chi connectivity index (χ4n) is 5.21. The van der Waals surface area contributed by atoms with Gasteiger partial charge in [-0.2, -0.15) is 26.3 Å². The van der Waals surface area contributed by atoms with Crippen LogP contribution in [0, 0.1) is 0 Å². The van der Waals surface area contributed by atoms with Crippen molar-refractivity contribution in [3.63, 3.8) is 0 Å². The molecule has 45 heavy (non-hydrogen) atoms. The van der Waals surface area contributed by atoms with Crippen molar-refractivity contribution >= 4 is 41.2 Å². The first-order valence-electron chi connectivity index (χ1n) is 14.1. The summed E-state index contributed by atoms with van der Waals surface area (Å²) in [6.07, 6.45) is -7.25. The summed E-state index contributed by atoms with van der Waals surface area (Å²) in [5.41, 5.74) is -4.04. The lowest BCUT2D eigenvalue weighted by Crippen LogP contribution is -2.49. The Labute approximate surface area is 259 Å². The van der Waals surface area contributed by atoms with E-state index < -0.39 is 51.8 Å². The van der Waals surface area contributed by atoms with E-state index in [0.29, 0.717) is 74.9 Å². The van der Waals surface area contributed by atoms with Crippen molar-refractivity contribution in [2.24, 2.45) is 0 Å². The number of rotatable bonds is 9. The molecule has 8 nitrogen and oxygen atoms in total. The largest absolute Gasteiger partial charge is 0.418 e. The minimum absolute atomic E-state index is 0.0135. The number of likely N-dealkylation sites (tertiary alicyclic amines) is 1. The molecule has 0 radical (unpaired) electrons. The summed E-state index contributed by atoms with van der Waals surface area (Å²) < 4.78 is 90.4. The molecule has 2 aliphatic rings. The standard InChI is InChI=1S/C30H32F6N4O4S/c1-44-17-25(42)40-14-11-19(12-15-40)38-20-4-2-5-21(16-20)45-23-9-7-18(26(29(31,32)33)27(23)30(34,35)36)8-10-24(41)39-22-6-3-13-37-28(22)43/h2,4-5,7-10,16,19,22,38H,3,6,11-15,17H2,1H3,(H,37,43)(H,39,41). The molecule has 1 atom stereocenters. The first-order valence-corrected chi connectivity index (χ1v) is 15.0. The van der Waals surface area contributed by atoms with E-state index in [0.717, 1.165) is 12.1 Å². The first-order chi connectivity index (χ1) is 21.3. The van der Waals surface area contributed by atoms with Gasteiger partial charge < -0.3 is 25.6 Å². The molecule has 4 rings (SSSR count). The molecule has 2 fully saturated rings. The lowest BCUT2D eigenvalue weighted by molar-refractivity contribution is -0.163. The van der Waals surface area contributed by atoms with Crippen LogP contribution in [-0.4, -0.2) is 68.1 Å². The van der Waals surface area contributed by atoms with Crippen molar-refractivity contribution in [2.75, 3.05) is 38.7 Å². The summed E-state index contributed by atoms with van der Waals surface area (Å²) in [5.74, 6) is -1.47. The average Bonchev–Trinajstić information content (AvgIpc) is 2.97. The number of ether oxygens (including phenoxy) is 1. The number of methoxy groups -OCH3 is 1. The van der Waals surface area contributed by atoms with Gasteiger partial charge >= 0.3 is 12.4 Å². The Morgan fingerprint density at radius 2 is 1.76 bits per heavy atom. The zero-order valence-corrected chi connectivity index (χ0v) is 25.0. The molecule has 0 spiro atoms. The summed E-state index contributed by atoms with van der Waals surface area (Å²) in [4.78, 5) is 37.5. The molecular formula is C30H32F6N4O4S. The zero-order chi connectivity index (χ0) is 32.8. The summed E-state index contributed by atoms with van der Waals surface area (Å²) in [7, 11) is 1.44. The number of amides is 3. The van der Waals surface area contributed by atoms with Crippen molar-refractivity contribution in [1.82, 2.24) is 15.5 Å². The van der Waals surface area contributed by atoms with Crippen molar-refractivity contribution < 1.29 is 45.5 Å². The zero-order valence-electron chi connectivity index (χ0n) is 24.2. The third-order valence-electron chi connectivity index (χ3n) is 7.33. The average molecular weight is 659 g/mol. The highest BCUT2D eigenvalue weighted by Gasteiger charge is 2.46.